The van der Waals surface area contributed by atoms with Gasteiger partial charge in [0.05, 0.1) is 0 Å². The molecule has 0 aromatic heterocycles. The van der Waals surface area contributed by atoms with Crippen LogP contribution in [0.5, 0.6) is 0 Å². The highest BCUT2D eigenvalue weighted by Crippen LogP contribution is 2.48. The number of halogens is 1. The monoisotopic (exact) mass is 235 g/mol. The van der Waals surface area contributed by atoms with Crippen LogP contribution in [-0.4, -0.2) is 12.1 Å². The number of nitrogens with one attached hydrogen (secondary N) is 1. The van der Waals surface area contributed by atoms with E-state index in [1.54, 1.807) is 12.1 Å². The van der Waals surface area contributed by atoms with Crippen molar-refractivity contribution < 1.29 is 4.39 Å². The summed E-state index contributed by atoms with van der Waals surface area (Å²) in [5.41, 5.74) is 2.60. The normalized spacial score (nSPS) is 23.8. The Morgan fingerprint density at radius 3 is 2.65 bits per heavy atom. The molecule has 1 aromatic rings. The van der Waals surface area contributed by atoms with Gasteiger partial charge < -0.3 is 5.32 Å². The van der Waals surface area contributed by atoms with E-state index in [-0.39, 0.29) is 11.4 Å². The molecule has 0 radical (unpaired) electrons. The van der Waals surface area contributed by atoms with Gasteiger partial charge in [0.1, 0.15) is 5.82 Å². The molecule has 1 N–H and O–H groups in total. The van der Waals surface area contributed by atoms with Crippen molar-refractivity contribution >= 4 is 0 Å². The fourth-order valence-corrected chi connectivity index (χ4v) is 2.35. The lowest BCUT2D eigenvalue weighted by Gasteiger charge is -2.20. The Balaban J connectivity index is 1.94. The first-order chi connectivity index (χ1) is 7.87. The highest BCUT2D eigenvalue weighted by atomic mass is 19.1. The highest BCUT2D eigenvalue weighted by molar-refractivity contribution is 5.34. The SMILES string of the molecule is Cc1cc(F)ccc1C1CC1CNC(C)(C)C. The van der Waals surface area contributed by atoms with Crippen molar-refractivity contribution in [3.8, 4) is 0 Å². The van der Waals surface area contributed by atoms with Crippen molar-refractivity contribution in [1.82, 2.24) is 5.32 Å². The van der Waals surface area contributed by atoms with Gasteiger partial charge in [0, 0.05) is 5.54 Å². The molecule has 1 fully saturated rings. The summed E-state index contributed by atoms with van der Waals surface area (Å²) in [7, 11) is 0. The third-order valence-electron chi connectivity index (χ3n) is 3.45. The standard InChI is InChI=1S/C15H22FN/c1-10-7-12(16)5-6-13(10)14-8-11(14)9-17-15(2,3)4/h5-7,11,14,17H,8-9H2,1-4H3. The van der Waals surface area contributed by atoms with Crippen LogP contribution in [0.3, 0.4) is 0 Å². The number of rotatable bonds is 3. The fourth-order valence-electron chi connectivity index (χ4n) is 2.35. The van der Waals surface area contributed by atoms with Crippen LogP contribution in [0, 0.1) is 18.7 Å². The summed E-state index contributed by atoms with van der Waals surface area (Å²) in [6, 6.07) is 5.17. The molecule has 0 aliphatic heterocycles. The largest absolute Gasteiger partial charge is 0.312 e. The summed E-state index contributed by atoms with van der Waals surface area (Å²) in [6.45, 7) is 9.63. The Morgan fingerprint density at radius 2 is 2.06 bits per heavy atom. The molecule has 2 heteroatoms. The smallest absolute Gasteiger partial charge is 0.123 e. The molecule has 0 amide bonds. The molecule has 2 unspecified atom stereocenters. The van der Waals surface area contributed by atoms with Crippen LogP contribution < -0.4 is 5.32 Å². The molecule has 0 bridgehead atoms. The summed E-state index contributed by atoms with van der Waals surface area (Å²) in [6.07, 6.45) is 1.23. The highest BCUT2D eigenvalue weighted by Gasteiger charge is 2.39. The first kappa shape index (κ1) is 12.6. The first-order valence-electron chi connectivity index (χ1n) is 6.38. The van der Waals surface area contributed by atoms with E-state index in [9.17, 15) is 4.39 Å². The maximum Gasteiger partial charge on any atom is 0.123 e. The van der Waals surface area contributed by atoms with Crippen LogP contribution >= 0.6 is 0 Å². The zero-order valence-corrected chi connectivity index (χ0v) is 11.2. The molecule has 0 saturated heterocycles. The Morgan fingerprint density at radius 1 is 1.35 bits per heavy atom. The summed E-state index contributed by atoms with van der Waals surface area (Å²) < 4.78 is 13.0. The van der Waals surface area contributed by atoms with Crippen LogP contribution in [0.15, 0.2) is 18.2 Å². The molecule has 2 rings (SSSR count). The second-order valence-electron chi connectivity index (χ2n) is 6.23. The Bertz CT molecular complexity index is 406. The van der Waals surface area contributed by atoms with E-state index in [0.717, 1.165) is 18.0 Å². The molecule has 94 valence electrons. The van der Waals surface area contributed by atoms with E-state index in [1.807, 2.05) is 13.0 Å². The van der Waals surface area contributed by atoms with Crippen LogP contribution in [0.4, 0.5) is 4.39 Å². The van der Waals surface area contributed by atoms with Gasteiger partial charge in [-0.25, -0.2) is 4.39 Å². The second-order valence-corrected chi connectivity index (χ2v) is 6.23. The van der Waals surface area contributed by atoms with Gasteiger partial charge in [0.15, 0.2) is 0 Å². The number of hydrogen-bond donors (Lipinski definition) is 1. The van der Waals surface area contributed by atoms with Gasteiger partial charge in [-0.2, -0.15) is 0 Å². The summed E-state index contributed by atoms with van der Waals surface area (Å²) in [5, 5.41) is 3.54. The quantitative estimate of drug-likeness (QED) is 0.843. The van der Waals surface area contributed by atoms with Gasteiger partial charge in [-0.05, 0) is 75.8 Å². The Labute approximate surface area is 103 Å². The second kappa shape index (κ2) is 4.41. The topological polar surface area (TPSA) is 12.0 Å². The van der Waals surface area contributed by atoms with Crippen molar-refractivity contribution in [2.24, 2.45) is 5.92 Å². The predicted octanol–water partition coefficient (Wildman–Crippen LogP) is 3.63. The molecular formula is C15H22FN. The molecule has 0 heterocycles. The third-order valence-corrected chi connectivity index (χ3v) is 3.45. The maximum absolute atomic E-state index is 13.0. The van der Waals surface area contributed by atoms with E-state index in [4.69, 9.17) is 0 Å². The molecule has 17 heavy (non-hydrogen) atoms. The lowest BCUT2D eigenvalue weighted by molar-refractivity contribution is 0.414. The van der Waals surface area contributed by atoms with Gasteiger partial charge in [-0.3, -0.25) is 0 Å². The fraction of sp³-hybridized carbons (Fsp3) is 0.600. The lowest BCUT2D eigenvalue weighted by Crippen LogP contribution is -2.37. The average molecular weight is 235 g/mol. The van der Waals surface area contributed by atoms with Gasteiger partial charge in [0.25, 0.3) is 0 Å². The van der Waals surface area contributed by atoms with Gasteiger partial charge in [-0.15, -0.1) is 0 Å². The van der Waals surface area contributed by atoms with Gasteiger partial charge in [-0.1, -0.05) is 6.07 Å². The van der Waals surface area contributed by atoms with Crippen molar-refractivity contribution in [1.29, 1.82) is 0 Å². The van der Waals surface area contributed by atoms with E-state index in [0.29, 0.717) is 5.92 Å². The van der Waals surface area contributed by atoms with E-state index in [2.05, 4.69) is 26.1 Å². The molecule has 1 aliphatic rings. The van der Waals surface area contributed by atoms with E-state index >= 15 is 0 Å². The number of aryl methyl sites for hydroxylation is 1. The number of hydrogen-bond acceptors (Lipinski definition) is 1. The minimum atomic E-state index is -0.128. The molecular weight excluding hydrogens is 213 g/mol. The molecule has 1 aromatic carbocycles. The first-order valence-corrected chi connectivity index (χ1v) is 6.38. The summed E-state index contributed by atoms with van der Waals surface area (Å²) in [4.78, 5) is 0. The summed E-state index contributed by atoms with van der Waals surface area (Å²) >= 11 is 0. The minimum Gasteiger partial charge on any atom is -0.312 e. The molecule has 0 spiro atoms. The Kier molecular flexibility index (Phi) is 3.26. The van der Waals surface area contributed by atoms with Gasteiger partial charge >= 0.3 is 0 Å². The van der Waals surface area contributed by atoms with Crippen molar-refractivity contribution in [2.45, 2.75) is 45.6 Å². The van der Waals surface area contributed by atoms with Crippen LogP contribution in [0.1, 0.15) is 44.2 Å². The zero-order valence-electron chi connectivity index (χ0n) is 11.2. The zero-order chi connectivity index (χ0) is 12.6. The predicted molar refractivity (Wildman–Crippen MR) is 69.7 cm³/mol. The minimum absolute atomic E-state index is 0.128. The van der Waals surface area contributed by atoms with Gasteiger partial charge in [0.2, 0.25) is 0 Å². The van der Waals surface area contributed by atoms with Crippen molar-refractivity contribution in [2.75, 3.05) is 6.54 Å². The van der Waals surface area contributed by atoms with Crippen LogP contribution in [-0.2, 0) is 0 Å². The molecule has 2 atom stereocenters. The van der Waals surface area contributed by atoms with Crippen LogP contribution in [0.25, 0.3) is 0 Å². The average Bonchev–Trinajstić information content (AvgIpc) is 2.93. The maximum atomic E-state index is 13.0. The molecule has 1 aliphatic carbocycles. The van der Waals surface area contributed by atoms with E-state index in [1.165, 1.54) is 12.0 Å². The Hall–Kier alpha value is -0.890. The summed E-state index contributed by atoms with van der Waals surface area (Å²) in [5.74, 6) is 1.22. The van der Waals surface area contributed by atoms with Crippen molar-refractivity contribution in [3.63, 3.8) is 0 Å². The number of benzene rings is 1. The van der Waals surface area contributed by atoms with Crippen molar-refractivity contribution in [3.05, 3.63) is 35.1 Å². The lowest BCUT2D eigenvalue weighted by atomic mass is 10.0. The third kappa shape index (κ3) is 3.29. The molecule has 1 nitrogen and oxygen atoms in total. The van der Waals surface area contributed by atoms with E-state index < -0.39 is 0 Å². The molecule has 1 saturated carbocycles. The van der Waals surface area contributed by atoms with Crippen LogP contribution in [0.2, 0.25) is 0 Å².